The molecule has 1 N–H and O–H groups in total. The van der Waals surface area contributed by atoms with Crippen LogP contribution in [-0.2, 0) is 16.9 Å². The van der Waals surface area contributed by atoms with Crippen LogP contribution in [0.1, 0.15) is 39.3 Å². The van der Waals surface area contributed by atoms with Crippen molar-refractivity contribution in [2.75, 3.05) is 6.54 Å². The molecule has 0 saturated carbocycles. The molecule has 1 aliphatic rings. The molecular formula is C21H21N3O4S. The van der Waals surface area contributed by atoms with Gasteiger partial charge in [0.2, 0.25) is 0 Å². The molecule has 0 aromatic carbocycles. The van der Waals surface area contributed by atoms with Gasteiger partial charge in [0.05, 0.1) is 19.4 Å². The number of carbonyl (C=O) groups is 3. The number of nitrogens with zero attached hydrogens (tertiary/aromatic N) is 2. The van der Waals surface area contributed by atoms with Gasteiger partial charge in [0.15, 0.2) is 11.3 Å². The van der Waals surface area contributed by atoms with E-state index in [1.165, 1.54) is 11.1 Å². The van der Waals surface area contributed by atoms with Gasteiger partial charge in [-0.05, 0) is 50.4 Å². The third kappa shape index (κ3) is 3.19. The fourth-order valence-corrected chi connectivity index (χ4v) is 4.38. The van der Waals surface area contributed by atoms with E-state index in [0.717, 1.165) is 16.3 Å². The first kappa shape index (κ1) is 19.2. The maximum Gasteiger partial charge on any atom is 0.325 e. The van der Waals surface area contributed by atoms with E-state index in [4.69, 9.17) is 4.42 Å². The Bertz CT molecular complexity index is 1080. The van der Waals surface area contributed by atoms with Crippen molar-refractivity contribution in [2.45, 2.75) is 32.9 Å². The molecule has 7 nitrogen and oxygen atoms in total. The van der Waals surface area contributed by atoms with E-state index in [0.29, 0.717) is 17.9 Å². The molecule has 0 bridgehead atoms. The number of ketones is 1. The maximum atomic E-state index is 13.0. The summed E-state index contributed by atoms with van der Waals surface area (Å²) in [5.41, 5.74) is 0.988. The van der Waals surface area contributed by atoms with E-state index < -0.39 is 17.5 Å². The predicted octanol–water partition coefficient (Wildman–Crippen LogP) is 3.46. The molecule has 1 saturated heterocycles. The molecule has 0 aliphatic carbocycles. The number of thiophene rings is 1. The zero-order valence-electron chi connectivity index (χ0n) is 16.4. The fourth-order valence-electron chi connectivity index (χ4n) is 3.68. The van der Waals surface area contributed by atoms with Crippen LogP contribution in [0.5, 0.6) is 0 Å². The molecule has 150 valence electrons. The van der Waals surface area contributed by atoms with Crippen LogP contribution in [0.2, 0.25) is 0 Å². The molecule has 0 spiro atoms. The van der Waals surface area contributed by atoms with Gasteiger partial charge in [-0.3, -0.25) is 14.5 Å². The molecule has 29 heavy (non-hydrogen) atoms. The summed E-state index contributed by atoms with van der Waals surface area (Å²) in [6, 6.07) is 8.53. The van der Waals surface area contributed by atoms with E-state index in [-0.39, 0.29) is 12.3 Å². The summed E-state index contributed by atoms with van der Waals surface area (Å²) in [6.07, 6.45) is 1.44. The molecule has 1 aliphatic heterocycles. The topological polar surface area (TPSA) is 84.6 Å². The van der Waals surface area contributed by atoms with Crippen LogP contribution < -0.4 is 5.32 Å². The molecule has 3 aromatic heterocycles. The van der Waals surface area contributed by atoms with E-state index >= 15 is 0 Å². The quantitative estimate of drug-likeness (QED) is 0.497. The number of aromatic nitrogens is 1. The minimum absolute atomic E-state index is 0.275. The van der Waals surface area contributed by atoms with Gasteiger partial charge in [-0.25, -0.2) is 4.79 Å². The largest absolute Gasteiger partial charge is 0.466 e. The first-order chi connectivity index (χ1) is 13.8. The Hall–Kier alpha value is -3.13. The predicted molar refractivity (Wildman–Crippen MR) is 108 cm³/mol. The zero-order chi connectivity index (χ0) is 20.8. The van der Waals surface area contributed by atoms with Crippen LogP contribution in [0.25, 0.3) is 0 Å². The lowest BCUT2D eigenvalue weighted by molar-refractivity contribution is -0.131. The van der Waals surface area contributed by atoms with Crippen molar-refractivity contribution >= 4 is 29.1 Å². The number of nitrogens with one attached hydrogen (secondary N) is 1. The normalized spacial score (nSPS) is 19.1. The van der Waals surface area contributed by atoms with Gasteiger partial charge in [0.1, 0.15) is 5.76 Å². The highest BCUT2D eigenvalue weighted by Crippen LogP contribution is 2.29. The molecule has 4 heterocycles. The maximum absolute atomic E-state index is 13.0. The van der Waals surface area contributed by atoms with Crippen LogP contribution in [0.3, 0.4) is 0 Å². The lowest BCUT2D eigenvalue weighted by Crippen LogP contribution is -2.41. The standard InChI is InChI=1S/C21H21N3O4S/c1-13-10-16(14(2)23(13)11-15-6-5-9-29-15)17(25)12-24-19(26)21(3,22-20(24)27)18-7-4-8-28-18/h4-10H,11-12H2,1-3H3,(H,22,27)/t21-/m1/s1. The van der Waals surface area contributed by atoms with E-state index in [2.05, 4.69) is 9.88 Å². The number of urea groups is 1. The van der Waals surface area contributed by atoms with Crippen LogP contribution in [0.15, 0.2) is 46.4 Å². The van der Waals surface area contributed by atoms with Crippen molar-refractivity contribution < 1.29 is 18.8 Å². The monoisotopic (exact) mass is 411 g/mol. The van der Waals surface area contributed by atoms with Crippen molar-refractivity contribution in [2.24, 2.45) is 0 Å². The molecular weight excluding hydrogens is 390 g/mol. The Kier molecular flexibility index (Phi) is 4.66. The van der Waals surface area contributed by atoms with Crippen molar-refractivity contribution in [3.05, 3.63) is 69.6 Å². The molecule has 0 radical (unpaired) electrons. The second-order valence-electron chi connectivity index (χ2n) is 7.30. The SMILES string of the molecule is Cc1cc(C(=O)CN2C(=O)N[C@](C)(c3ccco3)C2=O)c(C)n1Cc1cccs1. The van der Waals surface area contributed by atoms with Gasteiger partial charge in [0, 0.05) is 21.8 Å². The summed E-state index contributed by atoms with van der Waals surface area (Å²) in [6.45, 7) is 5.77. The van der Waals surface area contributed by atoms with Crippen LogP contribution in [0, 0.1) is 13.8 Å². The number of carbonyl (C=O) groups excluding carboxylic acids is 3. The number of aryl methyl sites for hydroxylation is 1. The average molecular weight is 411 g/mol. The van der Waals surface area contributed by atoms with Crippen molar-refractivity contribution in [3.8, 4) is 0 Å². The first-order valence-corrected chi connectivity index (χ1v) is 10.1. The van der Waals surface area contributed by atoms with Gasteiger partial charge in [-0.1, -0.05) is 6.07 Å². The minimum Gasteiger partial charge on any atom is -0.466 e. The third-order valence-electron chi connectivity index (χ3n) is 5.36. The summed E-state index contributed by atoms with van der Waals surface area (Å²) >= 11 is 1.66. The highest BCUT2D eigenvalue weighted by Gasteiger charge is 2.51. The van der Waals surface area contributed by atoms with Gasteiger partial charge >= 0.3 is 6.03 Å². The number of rotatable bonds is 6. The number of furan rings is 1. The van der Waals surface area contributed by atoms with Crippen LogP contribution in [0.4, 0.5) is 4.79 Å². The Balaban J connectivity index is 1.56. The summed E-state index contributed by atoms with van der Waals surface area (Å²) in [7, 11) is 0. The molecule has 1 atom stereocenters. The van der Waals surface area contributed by atoms with Gasteiger partial charge in [-0.2, -0.15) is 0 Å². The number of amides is 3. The minimum atomic E-state index is -1.31. The molecule has 3 amide bonds. The Labute approximate surface area is 171 Å². The summed E-state index contributed by atoms with van der Waals surface area (Å²) < 4.78 is 7.38. The Morgan fingerprint density at radius 3 is 2.69 bits per heavy atom. The van der Waals surface area contributed by atoms with E-state index in [1.54, 1.807) is 30.4 Å². The number of hydrogen-bond donors (Lipinski definition) is 1. The van der Waals surface area contributed by atoms with Crippen molar-refractivity contribution in [3.63, 3.8) is 0 Å². The lowest BCUT2D eigenvalue weighted by Gasteiger charge is -2.18. The lowest BCUT2D eigenvalue weighted by atomic mass is 9.99. The van der Waals surface area contributed by atoms with Gasteiger partial charge < -0.3 is 14.3 Å². The van der Waals surface area contributed by atoms with Gasteiger partial charge in [-0.15, -0.1) is 11.3 Å². The van der Waals surface area contributed by atoms with E-state index in [1.807, 2.05) is 37.4 Å². The smallest absolute Gasteiger partial charge is 0.325 e. The van der Waals surface area contributed by atoms with Crippen molar-refractivity contribution in [1.82, 2.24) is 14.8 Å². The number of hydrogen-bond acceptors (Lipinski definition) is 5. The van der Waals surface area contributed by atoms with Crippen LogP contribution >= 0.6 is 11.3 Å². The molecule has 8 heteroatoms. The van der Waals surface area contributed by atoms with Crippen LogP contribution in [-0.4, -0.2) is 33.7 Å². The first-order valence-electron chi connectivity index (χ1n) is 9.21. The van der Waals surface area contributed by atoms with Gasteiger partial charge in [0.25, 0.3) is 5.91 Å². The molecule has 4 rings (SSSR count). The second kappa shape index (κ2) is 7.04. The average Bonchev–Trinajstić information content (AvgIpc) is 3.46. The Morgan fingerprint density at radius 1 is 1.24 bits per heavy atom. The summed E-state index contributed by atoms with van der Waals surface area (Å²) in [4.78, 5) is 40.4. The molecule has 0 unspecified atom stereocenters. The highest BCUT2D eigenvalue weighted by atomic mass is 32.1. The zero-order valence-corrected chi connectivity index (χ0v) is 17.2. The molecule has 1 fully saturated rings. The summed E-state index contributed by atoms with van der Waals surface area (Å²) in [5, 5.41) is 4.65. The van der Waals surface area contributed by atoms with Crippen molar-refractivity contribution in [1.29, 1.82) is 0 Å². The molecule has 3 aromatic rings. The highest BCUT2D eigenvalue weighted by molar-refractivity contribution is 7.09. The fraction of sp³-hybridized carbons (Fsp3) is 0.286. The number of imide groups is 1. The Morgan fingerprint density at radius 2 is 2.03 bits per heavy atom. The number of Topliss-reactive ketones (excluding diaryl/α,β-unsaturated/α-hetero) is 1. The third-order valence-corrected chi connectivity index (χ3v) is 6.22. The second-order valence-corrected chi connectivity index (χ2v) is 8.33. The summed E-state index contributed by atoms with van der Waals surface area (Å²) in [5.74, 6) is -0.444. The van der Waals surface area contributed by atoms with E-state index in [9.17, 15) is 14.4 Å².